The molecule has 0 aromatic heterocycles. The summed E-state index contributed by atoms with van der Waals surface area (Å²) in [5.74, 6) is -0.791. The first-order chi connectivity index (χ1) is 6.45. The second kappa shape index (κ2) is 6.33. The highest BCUT2D eigenvalue weighted by atomic mass is 16.1. The van der Waals surface area contributed by atoms with Gasteiger partial charge in [0.25, 0.3) is 0 Å². The average molecular weight is 202 g/mol. The Labute approximate surface area is 83.4 Å². The quantitative estimate of drug-likeness (QED) is 0.355. The molecule has 6 heteroatoms. The number of primary amides is 2. The third-order valence-corrected chi connectivity index (χ3v) is 1.88. The zero-order chi connectivity index (χ0) is 11.1. The predicted molar refractivity (Wildman–Crippen MR) is 53.3 cm³/mol. The maximum atomic E-state index is 10.6. The molecule has 0 aliphatic rings. The van der Waals surface area contributed by atoms with Gasteiger partial charge in [0, 0.05) is 13.1 Å². The van der Waals surface area contributed by atoms with Gasteiger partial charge in [0.15, 0.2) is 0 Å². The van der Waals surface area contributed by atoms with Crippen LogP contribution in [0.4, 0.5) is 0 Å². The molecule has 14 heavy (non-hydrogen) atoms. The smallest absolute Gasteiger partial charge is 0.234 e. The number of nitrogens with one attached hydrogen (secondary N) is 2. The van der Waals surface area contributed by atoms with Gasteiger partial charge in [-0.25, -0.2) is 0 Å². The van der Waals surface area contributed by atoms with Crippen molar-refractivity contribution in [2.24, 2.45) is 11.5 Å². The molecule has 6 nitrogen and oxygen atoms in total. The van der Waals surface area contributed by atoms with Gasteiger partial charge in [0.05, 0.1) is 12.1 Å². The zero-order valence-electron chi connectivity index (χ0n) is 8.54. The molecule has 0 bridgehead atoms. The van der Waals surface area contributed by atoms with Crippen molar-refractivity contribution in [3.63, 3.8) is 0 Å². The maximum Gasteiger partial charge on any atom is 0.234 e. The molecule has 0 saturated heterocycles. The Hall–Kier alpha value is -1.14. The Bertz CT molecular complexity index is 186. The average Bonchev–Trinajstić information content (AvgIpc) is 2.11. The molecule has 2 atom stereocenters. The van der Waals surface area contributed by atoms with Gasteiger partial charge in [0.1, 0.15) is 0 Å². The number of rotatable bonds is 7. The SMILES string of the molecule is CC(NCCNC(C)C(N)=O)C(N)=O. The highest BCUT2D eigenvalue weighted by Gasteiger charge is 2.08. The van der Waals surface area contributed by atoms with E-state index in [2.05, 4.69) is 10.6 Å². The Morgan fingerprint density at radius 3 is 1.50 bits per heavy atom. The summed E-state index contributed by atoms with van der Waals surface area (Å²) in [6, 6.07) is -0.721. The minimum Gasteiger partial charge on any atom is -0.368 e. The molecular weight excluding hydrogens is 184 g/mol. The van der Waals surface area contributed by atoms with Gasteiger partial charge in [-0.15, -0.1) is 0 Å². The van der Waals surface area contributed by atoms with Crippen molar-refractivity contribution >= 4 is 11.8 Å². The van der Waals surface area contributed by atoms with Crippen molar-refractivity contribution in [2.75, 3.05) is 13.1 Å². The molecule has 0 aromatic carbocycles. The lowest BCUT2D eigenvalue weighted by Crippen LogP contribution is -2.45. The van der Waals surface area contributed by atoms with E-state index < -0.39 is 11.8 Å². The molecular formula is C8H18N4O2. The number of carbonyl (C=O) groups is 2. The van der Waals surface area contributed by atoms with Crippen LogP contribution >= 0.6 is 0 Å². The van der Waals surface area contributed by atoms with Crippen LogP contribution in [0.3, 0.4) is 0 Å². The molecule has 0 aliphatic carbocycles. The summed E-state index contributed by atoms with van der Waals surface area (Å²) >= 11 is 0. The normalized spacial score (nSPS) is 14.7. The fraction of sp³-hybridized carbons (Fsp3) is 0.750. The van der Waals surface area contributed by atoms with E-state index in [0.717, 1.165) is 0 Å². The second-order valence-corrected chi connectivity index (χ2v) is 3.16. The van der Waals surface area contributed by atoms with Gasteiger partial charge in [-0.3, -0.25) is 9.59 Å². The van der Waals surface area contributed by atoms with Crippen LogP contribution in [0.1, 0.15) is 13.8 Å². The third kappa shape index (κ3) is 5.50. The van der Waals surface area contributed by atoms with E-state index in [1.807, 2.05) is 0 Å². The van der Waals surface area contributed by atoms with Gasteiger partial charge in [-0.05, 0) is 13.8 Å². The van der Waals surface area contributed by atoms with Crippen molar-refractivity contribution in [1.29, 1.82) is 0 Å². The molecule has 0 radical (unpaired) electrons. The lowest BCUT2D eigenvalue weighted by atomic mass is 10.3. The summed E-state index contributed by atoms with van der Waals surface area (Å²) in [6.45, 7) is 4.48. The summed E-state index contributed by atoms with van der Waals surface area (Å²) < 4.78 is 0. The highest BCUT2D eigenvalue weighted by Crippen LogP contribution is 1.79. The van der Waals surface area contributed by atoms with Crippen molar-refractivity contribution in [3.05, 3.63) is 0 Å². The highest BCUT2D eigenvalue weighted by molar-refractivity contribution is 5.79. The first-order valence-corrected chi connectivity index (χ1v) is 4.50. The number of nitrogens with two attached hydrogens (primary N) is 2. The van der Waals surface area contributed by atoms with Gasteiger partial charge < -0.3 is 22.1 Å². The van der Waals surface area contributed by atoms with E-state index >= 15 is 0 Å². The molecule has 6 N–H and O–H groups in total. The fourth-order valence-corrected chi connectivity index (χ4v) is 0.779. The summed E-state index contributed by atoms with van der Waals surface area (Å²) in [4.78, 5) is 21.2. The summed E-state index contributed by atoms with van der Waals surface area (Å²) in [5.41, 5.74) is 10.1. The monoisotopic (exact) mass is 202 g/mol. The molecule has 82 valence electrons. The van der Waals surface area contributed by atoms with Crippen molar-refractivity contribution in [2.45, 2.75) is 25.9 Å². The molecule has 0 fully saturated rings. The molecule has 2 amide bonds. The number of carbonyl (C=O) groups excluding carboxylic acids is 2. The summed E-state index contributed by atoms with van der Waals surface area (Å²) in [7, 11) is 0. The van der Waals surface area contributed by atoms with E-state index in [1.54, 1.807) is 13.8 Å². The molecule has 0 saturated carbocycles. The minimum atomic E-state index is -0.395. The van der Waals surface area contributed by atoms with Crippen LogP contribution in [0.15, 0.2) is 0 Å². The maximum absolute atomic E-state index is 10.6. The predicted octanol–water partition coefficient (Wildman–Crippen LogP) is -2.09. The number of hydrogen-bond acceptors (Lipinski definition) is 4. The molecule has 0 aromatic rings. The first kappa shape index (κ1) is 12.9. The third-order valence-electron chi connectivity index (χ3n) is 1.88. The van der Waals surface area contributed by atoms with Crippen LogP contribution in [0.5, 0.6) is 0 Å². The van der Waals surface area contributed by atoms with Crippen molar-refractivity contribution < 1.29 is 9.59 Å². The molecule has 0 rings (SSSR count). The Balaban J connectivity index is 3.47. The van der Waals surface area contributed by atoms with Gasteiger partial charge in [0.2, 0.25) is 11.8 Å². The lowest BCUT2D eigenvalue weighted by molar-refractivity contribution is -0.120. The van der Waals surface area contributed by atoms with Crippen LogP contribution < -0.4 is 22.1 Å². The van der Waals surface area contributed by atoms with Crippen LogP contribution in [-0.2, 0) is 9.59 Å². The van der Waals surface area contributed by atoms with E-state index in [-0.39, 0.29) is 12.1 Å². The first-order valence-electron chi connectivity index (χ1n) is 4.50. The zero-order valence-corrected chi connectivity index (χ0v) is 8.54. The molecule has 2 unspecified atom stereocenters. The Kier molecular flexibility index (Phi) is 5.82. The largest absolute Gasteiger partial charge is 0.368 e. The van der Waals surface area contributed by atoms with Gasteiger partial charge >= 0.3 is 0 Å². The van der Waals surface area contributed by atoms with Gasteiger partial charge in [-0.1, -0.05) is 0 Å². The van der Waals surface area contributed by atoms with Crippen molar-refractivity contribution in [3.8, 4) is 0 Å². The Morgan fingerprint density at radius 1 is 1.00 bits per heavy atom. The van der Waals surface area contributed by atoms with Crippen LogP contribution in [0, 0.1) is 0 Å². The fourth-order valence-electron chi connectivity index (χ4n) is 0.779. The van der Waals surface area contributed by atoms with E-state index in [1.165, 1.54) is 0 Å². The van der Waals surface area contributed by atoms with E-state index in [4.69, 9.17) is 11.5 Å². The summed E-state index contributed by atoms with van der Waals surface area (Å²) in [6.07, 6.45) is 0. The van der Waals surface area contributed by atoms with Crippen LogP contribution in [0.2, 0.25) is 0 Å². The van der Waals surface area contributed by atoms with Crippen LogP contribution in [-0.4, -0.2) is 37.0 Å². The molecule has 0 aliphatic heterocycles. The molecule has 0 spiro atoms. The number of amides is 2. The Morgan fingerprint density at radius 2 is 1.29 bits per heavy atom. The van der Waals surface area contributed by atoms with Crippen LogP contribution in [0.25, 0.3) is 0 Å². The van der Waals surface area contributed by atoms with E-state index in [9.17, 15) is 9.59 Å². The van der Waals surface area contributed by atoms with E-state index in [0.29, 0.717) is 13.1 Å². The van der Waals surface area contributed by atoms with Crippen molar-refractivity contribution in [1.82, 2.24) is 10.6 Å². The topological polar surface area (TPSA) is 110 Å². The standard InChI is InChI=1S/C8H18N4O2/c1-5(7(9)13)11-3-4-12-6(2)8(10)14/h5-6,11-12H,3-4H2,1-2H3,(H2,9,13)(H2,10,14). The molecule has 0 heterocycles. The van der Waals surface area contributed by atoms with Gasteiger partial charge in [-0.2, -0.15) is 0 Å². The minimum absolute atomic E-state index is 0.360. The summed E-state index contributed by atoms with van der Waals surface area (Å²) in [5, 5.41) is 5.77. The second-order valence-electron chi connectivity index (χ2n) is 3.16. The number of hydrogen-bond donors (Lipinski definition) is 4. The lowest BCUT2D eigenvalue weighted by Gasteiger charge is -2.12.